The molecule has 0 amide bonds. The number of hydrogen-bond acceptors (Lipinski definition) is 5. The number of fused-ring (bicyclic) bond motifs is 1. The topological polar surface area (TPSA) is 71.0 Å². The van der Waals surface area contributed by atoms with Crippen LogP contribution in [0.3, 0.4) is 0 Å². The quantitative estimate of drug-likeness (QED) is 0.663. The van der Waals surface area contributed by atoms with Crippen molar-refractivity contribution >= 4 is 0 Å². The van der Waals surface area contributed by atoms with E-state index in [0.29, 0.717) is 19.8 Å². The van der Waals surface area contributed by atoms with Gasteiger partial charge in [0.05, 0.1) is 19.3 Å². The number of hydrogen-bond donors (Lipinski definition) is 3. The van der Waals surface area contributed by atoms with Crippen LogP contribution in [-0.4, -0.2) is 49.2 Å². The Kier molecular flexibility index (Phi) is 4.81. The van der Waals surface area contributed by atoms with Crippen LogP contribution < -0.4 is 14.8 Å². The van der Waals surface area contributed by atoms with Crippen molar-refractivity contribution in [3.05, 3.63) is 23.8 Å². The standard InChI is InChI=1S/C13H19NO4/c15-8-11(9-16)14-4-3-10-1-2-12-13(7-10)18-6-5-17-12/h1-2,7,11,14-16H,3-6,8-9H2. The number of nitrogens with one attached hydrogen (secondary N) is 1. The first kappa shape index (κ1) is 13.1. The van der Waals surface area contributed by atoms with Gasteiger partial charge < -0.3 is 25.0 Å². The van der Waals surface area contributed by atoms with Gasteiger partial charge in [0.25, 0.3) is 0 Å². The van der Waals surface area contributed by atoms with E-state index in [-0.39, 0.29) is 19.3 Å². The monoisotopic (exact) mass is 253 g/mol. The number of benzene rings is 1. The maximum atomic E-state index is 8.92. The smallest absolute Gasteiger partial charge is 0.161 e. The molecular formula is C13H19NO4. The molecule has 0 atom stereocenters. The van der Waals surface area contributed by atoms with Crippen molar-refractivity contribution in [1.29, 1.82) is 0 Å². The Balaban J connectivity index is 1.86. The number of rotatable bonds is 6. The lowest BCUT2D eigenvalue weighted by Gasteiger charge is -2.19. The van der Waals surface area contributed by atoms with Crippen molar-refractivity contribution in [3.8, 4) is 11.5 Å². The van der Waals surface area contributed by atoms with Crippen molar-refractivity contribution < 1.29 is 19.7 Å². The van der Waals surface area contributed by atoms with Crippen molar-refractivity contribution in [2.75, 3.05) is 33.0 Å². The molecule has 1 aliphatic heterocycles. The predicted molar refractivity (Wildman–Crippen MR) is 67.1 cm³/mol. The summed E-state index contributed by atoms with van der Waals surface area (Å²) in [6.07, 6.45) is 0.813. The van der Waals surface area contributed by atoms with Gasteiger partial charge in [-0.3, -0.25) is 0 Å². The highest BCUT2D eigenvalue weighted by molar-refractivity contribution is 5.43. The Morgan fingerprint density at radius 2 is 1.83 bits per heavy atom. The van der Waals surface area contributed by atoms with E-state index in [1.807, 2.05) is 18.2 Å². The fraction of sp³-hybridized carbons (Fsp3) is 0.538. The highest BCUT2D eigenvalue weighted by Crippen LogP contribution is 2.30. The maximum Gasteiger partial charge on any atom is 0.161 e. The van der Waals surface area contributed by atoms with E-state index in [1.165, 1.54) is 0 Å². The summed E-state index contributed by atoms with van der Waals surface area (Å²) in [5, 5.41) is 20.9. The van der Waals surface area contributed by atoms with E-state index in [4.69, 9.17) is 19.7 Å². The molecule has 0 radical (unpaired) electrons. The van der Waals surface area contributed by atoms with E-state index in [9.17, 15) is 0 Å². The molecule has 1 heterocycles. The van der Waals surface area contributed by atoms with Gasteiger partial charge in [-0.2, -0.15) is 0 Å². The molecule has 0 aromatic heterocycles. The van der Waals surface area contributed by atoms with Crippen LogP contribution in [0, 0.1) is 0 Å². The zero-order valence-electron chi connectivity index (χ0n) is 10.3. The third-order valence-corrected chi connectivity index (χ3v) is 2.89. The van der Waals surface area contributed by atoms with Crippen molar-refractivity contribution in [1.82, 2.24) is 5.32 Å². The summed E-state index contributed by atoms with van der Waals surface area (Å²) in [5.74, 6) is 1.58. The molecule has 2 rings (SSSR count). The van der Waals surface area contributed by atoms with Gasteiger partial charge in [-0.15, -0.1) is 0 Å². The van der Waals surface area contributed by atoms with Crippen LogP contribution in [0.1, 0.15) is 5.56 Å². The van der Waals surface area contributed by atoms with Gasteiger partial charge in [0.2, 0.25) is 0 Å². The summed E-state index contributed by atoms with van der Waals surface area (Å²) in [6, 6.07) is 5.65. The minimum absolute atomic E-state index is 0.0579. The zero-order valence-corrected chi connectivity index (χ0v) is 10.3. The van der Waals surface area contributed by atoms with Gasteiger partial charge in [0.15, 0.2) is 11.5 Å². The highest BCUT2D eigenvalue weighted by Gasteiger charge is 2.11. The Hall–Kier alpha value is -1.30. The van der Waals surface area contributed by atoms with Gasteiger partial charge in [0.1, 0.15) is 13.2 Å². The summed E-state index contributed by atoms with van der Waals surface area (Å²) in [7, 11) is 0. The van der Waals surface area contributed by atoms with Gasteiger partial charge >= 0.3 is 0 Å². The van der Waals surface area contributed by atoms with Crippen LogP contribution >= 0.6 is 0 Å². The number of aliphatic hydroxyl groups is 2. The largest absolute Gasteiger partial charge is 0.486 e. The Bertz CT molecular complexity index is 379. The first-order chi connectivity index (χ1) is 8.83. The van der Waals surface area contributed by atoms with Gasteiger partial charge in [-0.1, -0.05) is 6.07 Å². The second kappa shape index (κ2) is 6.58. The predicted octanol–water partition coefficient (Wildman–Crippen LogP) is -0.0569. The zero-order chi connectivity index (χ0) is 12.8. The van der Waals surface area contributed by atoms with Gasteiger partial charge in [-0.25, -0.2) is 0 Å². The minimum atomic E-state index is -0.248. The van der Waals surface area contributed by atoms with Crippen molar-refractivity contribution in [2.24, 2.45) is 0 Å². The molecular weight excluding hydrogens is 234 g/mol. The molecule has 0 bridgehead atoms. The van der Waals surface area contributed by atoms with Crippen LogP contribution in [0.15, 0.2) is 18.2 Å². The Labute approximate surface area is 106 Å². The minimum Gasteiger partial charge on any atom is -0.486 e. The van der Waals surface area contributed by atoms with E-state index >= 15 is 0 Å². The lowest BCUT2D eigenvalue weighted by Crippen LogP contribution is -2.36. The molecule has 0 fully saturated rings. The first-order valence-corrected chi connectivity index (χ1v) is 6.17. The molecule has 0 unspecified atom stereocenters. The van der Waals surface area contributed by atoms with E-state index in [2.05, 4.69) is 5.32 Å². The van der Waals surface area contributed by atoms with Crippen LogP contribution in [0.25, 0.3) is 0 Å². The summed E-state index contributed by atoms with van der Waals surface area (Å²) >= 11 is 0. The second-order valence-electron chi connectivity index (χ2n) is 4.24. The molecule has 5 nitrogen and oxygen atoms in total. The van der Waals surface area contributed by atoms with Crippen LogP contribution in [-0.2, 0) is 6.42 Å². The summed E-state index contributed by atoms with van der Waals surface area (Å²) in [5.41, 5.74) is 1.14. The van der Waals surface area contributed by atoms with E-state index < -0.39 is 0 Å². The van der Waals surface area contributed by atoms with Crippen LogP contribution in [0.4, 0.5) is 0 Å². The molecule has 0 spiro atoms. The lowest BCUT2D eigenvalue weighted by atomic mass is 10.1. The molecule has 1 aromatic rings. The average molecular weight is 253 g/mol. The number of aliphatic hydroxyl groups excluding tert-OH is 2. The van der Waals surface area contributed by atoms with Crippen molar-refractivity contribution in [2.45, 2.75) is 12.5 Å². The first-order valence-electron chi connectivity index (χ1n) is 6.17. The van der Waals surface area contributed by atoms with Crippen molar-refractivity contribution in [3.63, 3.8) is 0 Å². The molecule has 0 aliphatic carbocycles. The third kappa shape index (κ3) is 3.35. The summed E-state index contributed by atoms with van der Waals surface area (Å²) < 4.78 is 11.0. The lowest BCUT2D eigenvalue weighted by molar-refractivity contribution is 0.170. The molecule has 3 N–H and O–H groups in total. The number of ether oxygens (including phenoxy) is 2. The highest BCUT2D eigenvalue weighted by atomic mass is 16.6. The molecule has 1 aliphatic rings. The maximum absolute atomic E-state index is 8.92. The molecule has 5 heteroatoms. The van der Waals surface area contributed by atoms with E-state index in [1.54, 1.807) is 0 Å². The Morgan fingerprint density at radius 1 is 1.11 bits per heavy atom. The van der Waals surface area contributed by atoms with E-state index in [0.717, 1.165) is 23.5 Å². The van der Waals surface area contributed by atoms with Crippen LogP contribution in [0.5, 0.6) is 11.5 Å². The molecule has 100 valence electrons. The molecule has 1 aromatic carbocycles. The SMILES string of the molecule is OCC(CO)NCCc1ccc2c(c1)OCCO2. The Morgan fingerprint density at radius 3 is 2.56 bits per heavy atom. The third-order valence-electron chi connectivity index (χ3n) is 2.89. The van der Waals surface area contributed by atoms with Gasteiger partial charge in [0, 0.05) is 0 Å². The molecule has 18 heavy (non-hydrogen) atoms. The normalized spacial score (nSPS) is 13.9. The molecule has 0 saturated carbocycles. The van der Waals surface area contributed by atoms with Gasteiger partial charge in [-0.05, 0) is 30.7 Å². The van der Waals surface area contributed by atoms with Crippen LogP contribution in [0.2, 0.25) is 0 Å². The fourth-order valence-electron chi connectivity index (χ4n) is 1.85. The summed E-state index contributed by atoms with van der Waals surface area (Å²) in [4.78, 5) is 0. The second-order valence-corrected chi connectivity index (χ2v) is 4.24. The fourth-order valence-corrected chi connectivity index (χ4v) is 1.85. The molecule has 0 saturated heterocycles. The summed E-state index contributed by atoms with van der Waals surface area (Å²) in [6.45, 7) is 1.77. The average Bonchev–Trinajstić information content (AvgIpc) is 2.43.